The first kappa shape index (κ1) is 13.8. The Kier molecular flexibility index (Phi) is 4.81. The van der Waals surface area contributed by atoms with Crippen molar-refractivity contribution < 1.29 is 14.6 Å². The fourth-order valence-electron chi connectivity index (χ4n) is 1.57. The number of halogens is 1. The summed E-state index contributed by atoms with van der Waals surface area (Å²) in [5.41, 5.74) is 1.67. The van der Waals surface area contributed by atoms with Crippen LogP contribution in [0.15, 0.2) is 16.6 Å². The van der Waals surface area contributed by atoms with E-state index < -0.39 is 12.0 Å². The van der Waals surface area contributed by atoms with Crippen LogP contribution in [0.4, 0.5) is 5.69 Å². The Morgan fingerprint density at radius 1 is 1.59 bits per heavy atom. The third kappa shape index (κ3) is 3.36. The van der Waals surface area contributed by atoms with E-state index in [4.69, 9.17) is 9.84 Å². The van der Waals surface area contributed by atoms with Crippen LogP contribution in [-0.4, -0.2) is 24.2 Å². The molecule has 0 fully saturated rings. The highest BCUT2D eigenvalue weighted by atomic mass is 79.9. The zero-order chi connectivity index (χ0) is 13.0. The summed E-state index contributed by atoms with van der Waals surface area (Å²) in [6.45, 7) is 3.73. The SMILES string of the molecule is CCC(Nc1c(C)cc(Br)cc1OC)C(=O)O. The van der Waals surface area contributed by atoms with Gasteiger partial charge in [0.05, 0.1) is 12.8 Å². The number of hydrogen-bond donors (Lipinski definition) is 2. The van der Waals surface area contributed by atoms with Gasteiger partial charge >= 0.3 is 5.97 Å². The molecular formula is C12H16BrNO3. The van der Waals surface area contributed by atoms with E-state index in [0.29, 0.717) is 12.2 Å². The van der Waals surface area contributed by atoms with Crippen molar-refractivity contribution in [2.45, 2.75) is 26.3 Å². The molecule has 0 spiro atoms. The Morgan fingerprint density at radius 2 is 2.24 bits per heavy atom. The normalized spacial score (nSPS) is 12.0. The molecular weight excluding hydrogens is 286 g/mol. The lowest BCUT2D eigenvalue weighted by Crippen LogP contribution is -2.28. The van der Waals surface area contributed by atoms with Gasteiger partial charge in [0.2, 0.25) is 0 Å². The standard InChI is InChI=1S/C12H16BrNO3/c1-4-9(12(15)16)14-11-7(2)5-8(13)6-10(11)17-3/h5-6,9,14H,4H2,1-3H3,(H,15,16). The number of benzene rings is 1. The van der Waals surface area contributed by atoms with Gasteiger partial charge in [0.25, 0.3) is 0 Å². The van der Waals surface area contributed by atoms with Crippen LogP contribution in [0, 0.1) is 6.92 Å². The number of hydrogen-bond acceptors (Lipinski definition) is 3. The summed E-state index contributed by atoms with van der Waals surface area (Å²) in [6, 6.07) is 3.12. The summed E-state index contributed by atoms with van der Waals surface area (Å²) in [7, 11) is 1.56. The summed E-state index contributed by atoms with van der Waals surface area (Å²) < 4.78 is 6.15. The van der Waals surface area contributed by atoms with Gasteiger partial charge in [-0.05, 0) is 31.0 Å². The maximum atomic E-state index is 11.0. The highest BCUT2D eigenvalue weighted by molar-refractivity contribution is 9.10. The molecule has 5 heteroatoms. The van der Waals surface area contributed by atoms with E-state index in [9.17, 15) is 4.79 Å². The Morgan fingerprint density at radius 3 is 2.71 bits per heavy atom. The topological polar surface area (TPSA) is 58.6 Å². The van der Waals surface area contributed by atoms with Gasteiger partial charge in [-0.25, -0.2) is 4.79 Å². The second-order valence-corrected chi connectivity index (χ2v) is 4.66. The van der Waals surface area contributed by atoms with Crippen molar-refractivity contribution in [2.75, 3.05) is 12.4 Å². The Balaban J connectivity index is 3.08. The molecule has 94 valence electrons. The summed E-state index contributed by atoms with van der Waals surface area (Å²) in [4.78, 5) is 11.0. The predicted molar refractivity (Wildman–Crippen MR) is 70.8 cm³/mol. The Bertz CT molecular complexity index is 420. The molecule has 4 nitrogen and oxygen atoms in total. The molecule has 0 bridgehead atoms. The Labute approximate surface area is 109 Å². The smallest absolute Gasteiger partial charge is 0.326 e. The van der Waals surface area contributed by atoms with Crippen molar-refractivity contribution in [1.29, 1.82) is 0 Å². The van der Waals surface area contributed by atoms with Crippen molar-refractivity contribution in [1.82, 2.24) is 0 Å². The third-order valence-electron chi connectivity index (χ3n) is 2.51. The van der Waals surface area contributed by atoms with Crippen molar-refractivity contribution in [3.8, 4) is 5.75 Å². The predicted octanol–water partition coefficient (Wildman–Crippen LogP) is 3.04. The van der Waals surface area contributed by atoms with Gasteiger partial charge in [-0.15, -0.1) is 0 Å². The van der Waals surface area contributed by atoms with Crippen LogP contribution < -0.4 is 10.1 Å². The van der Waals surface area contributed by atoms with Crippen LogP contribution in [0.25, 0.3) is 0 Å². The minimum Gasteiger partial charge on any atom is -0.495 e. The van der Waals surface area contributed by atoms with E-state index >= 15 is 0 Å². The van der Waals surface area contributed by atoms with Gasteiger partial charge < -0.3 is 15.2 Å². The first-order valence-corrected chi connectivity index (χ1v) is 6.12. The van der Waals surface area contributed by atoms with Crippen molar-refractivity contribution in [3.63, 3.8) is 0 Å². The fourth-order valence-corrected chi connectivity index (χ4v) is 2.12. The van der Waals surface area contributed by atoms with E-state index in [1.807, 2.05) is 26.0 Å². The van der Waals surface area contributed by atoms with Gasteiger partial charge in [0.1, 0.15) is 11.8 Å². The van der Waals surface area contributed by atoms with Gasteiger partial charge in [0, 0.05) is 4.47 Å². The molecule has 0 aliphatic carbocycles. The van der Waals surface area contributed by atoms with Crippen molar-refractivity contribution in [2.24, 2.45) is 0 Å². The van der Waals surface area contributed by atoms with Gasteiger partial charge in [-0.2, -0.15) is 0 Å². The molecule has 0 aliphatic rings. The second-order valence-electron chi connectivity index (χ2n) is 3.74. The lowest BCUT2D eigenvalue weighted by atomic mass is 10.1. The summed E-state index contributed by atoms with van der Waals surface area (Å²) in [5.74, 6) is -0.228. The molecule has 0 amide bonds. The van der Waals surface area contributed by atoms with Crippen molar-refractivity contribution in [3.05, 3.63) is 22.2 Å². The van der Waals surface area contributed by atoms with Crippen LogP contribution in [0.1, 0.15) is 18.9 Å². The molecule has 0 saturated heterocycles. The maximum Gasteiger partial charge on any atom is 0.326 e. The number of ether oxygens (including phenoxy) is 1. The molecule has 0 saturated carbocycles. The minimum atomic E-state index is -0.864. The molecule has 1 aromatic carbocycles. The molecule has 0 heterocycles. The van der Waals surface area contributed by atoms with E-state index in [1.54, 1.807) is 7.11 Å². The van der Waals surface area contributed by atoms with Crippen molar-refractivity contribution >= 4 is 27.6 Å². The average Bonchev–Trinajstić information content (AvgIpc) is 2.26. The fraction of sp³-hybridized carbons (Fsp3) is 0.417. The second kappa shape index (κ2) is 5.91. The van der Waals surface area contributed by atoms with E-state index in [1.165, 1.54) is 0 Å². The first-order chi connectivity index (χ1) is 7.99. The number of anilines is 1. The van der Waals surface area contributed by atoms with Gasteiger partial charge in [-0.3, -0.25) is 0 Å². The molecule has 2 N–H and O–H groups in total. The monoisotopic (exact) mass is 301 g/mol. The van der Waals surface area contributed by atoms with E-state index in [0.717, 1.165) is 15.7 Å². The zero-order valence-electron chi connectivity index (χ0n) is 10.1. The highest BCUT2D eigenvalue weighted by Crippen LogP contribution is 2.32. The largest absolute Gasteiger partial charge is 0.495 e. The van der Waals surface area contributed by atoms with E-state index in [-0.39, 0.29) is 0 Å². The molecule has 0 aliphatic heterocycles. The number of rotatable bonds is 5. The zero-order valence-corrected chi connectivity index (χ0v) is 11.7. The van der Waals surface area contributed by atoms with Crippen LogP contribution >= 0.6 is 15.9 Å². The first-order valence-electron chi connectivity index (χ1n) is 5.33. The van der Waals surface area contributed by atoms with E-state index in [2.05, 4.69) is 21.2 Å². The molecule has 1 atom stereocenters. The average molecular weight is 302 g/mol. The maximum absolute atomic E-state index is 11.0. The number of aryl methyl sites for hydroxylation is 1. The summed E-state index contributed by atoms with van der Waals surface area (Å²) in [5, 5.41) is 12.0. The molecule has 1 rings (SSSR count). The lowest BCUT2D eigenvalue weighted by Gasteiger charge is -2.18. The van der Waals surface area contributed by atoms with Crippen LogP contribution in [0.3, 0.4) is 0 Å². The summed E-state index contributed by atoms with van der Waals surface area (Å²) >= 11 is 3.38. The van der Waals surface area contributed by atoms with Gasteiger partial charge in [0.15, 0.2) is 0 Å². The van der Waals surface area contributed by atoms with Crippen LogP contribution in [0.5, 0.6) is 5.75 Å². The quantitative estimate of drug-likeness (QED) is 0.877. The molecule has 0 aromatic heterocycles. The number of nitrogens with one attached hydrogen (secondary N) is 1. The third-order valence-corrected chi connectivity index (χ3v) is 2.97. The number of aliphatic carboxylic acids is 1. The highest BCUT2D eigenvalue weighted by Gasteiger charge is 2.18. The van der Waals surface area contributed by atoms with Crippen LogP contribution in [-0.2, 0) is 4.79 Å². The van der Waals surface area contributed by atoms with Crippen LogP contribution in [0.2, 0.25) is 0 Å². The summed E-state index contributed by atoms with van der Waals surface area (Å²) in [6.07, 6.45) is 0.508. The molecule has 1 unspecified atom stereocenters. The Hall–Kier alpha value is -1.23. The molecule has 0 radical (unpaired) electrons. The minimum absolute atomic E-state index is 0.508. The number of carboxylic acids is 1. The molecule has 17 heavy (non-hydrogen) atoms. The number of carboxylic acid groups (broad SMARTS) is 1. The van der Waals surface area contributed by atoms with Gasteiger partial charge in [-0.1, -0.05) is 22.9 Å². The lowest BCUT2D eigenvalue weighted by molar-refractivity contribution is -0.137. The molecule has 1 aromatic rings. The number of carbonyl (C=O) groups is 1. The number of methoxy groups -OCH3 is 1.